The van der Waals surface area contributed by atoms with Crippen LogP contribution in [0.2, 0.25) is 0 Å². The summed E-state index contributed by atoms with van der Waals surface area (Å²) in [6.45, 7) is 4.00. The van der Waals surface area contributed by atoms with Gasteiger partial charge in [-0.3, -0.25) is 14.9 Å². The first-order valence-electron chi connectivity index (χ1n) is 7.11. The van der Waals surface area contributed by atoms with Gasteiger partial charge in [-0.05, 0) is 12.8 Å². The molecular weight excluding hydrogens is 456 g/mol. The van der Waals surface area contributed by atoms with Gasteiger partial charge in [-0.1, -0.05) is 20.3 Å². The molecule has 3 amide bonds. The van der Waals surface area contributed by atoms with Crippen molar-refractivity contribution in [1.29, 1.82) is 0 Å². The van der Waals surface area contributed by atoms with E-state index in [2.05, 4.69) is 16.7 Å². The Balaban J connectivity index is 0.00000141. The number of amides is 3. The topological polar surface area (TPSA) is 84.5 Å². The summed E-state index contributed by atoms with van der Waals surface area (Å²) in [7, 11) is 1.53. The molecule has 2 aliphatic rings. The van der Waals surface area contributed by atoms with Crippen molar-refractivity contribution in [3.8, 4) is 0 Å². The molecule has 2 rings (SSSR count). The molecule has 7 heteroatoms. The van der Waals surface area contributed by atoms with Crippen molar-refractivity contribution in [3.63, 3.8) is 0 Å². The van der Waals surface area contributed by atoms with E-state index in [1.165, 1.54) is 7.11 Å². The molecule has 122 valence electrons. The van der Waals surface area contributed by atoms with Gasteiger partial charge in [0.25, 0.3) is 0 Å². The Morgan fingerprint density at radius 3 is 2.64 bits per heavy atom. The minimum atomic E-state index is -0.666. The zero-order chi connectivity index (χ0) is 15.8. The summed E-state index contributed by atoms with van der Waals surface area (Å²) >= 11 is 0. The maximum Gasteiger partial charge on any atom is 0.248 e. The Hall–Kier alpha value is -1.42. The average molecular weight is 477 g/mol. The van der Waals surface area contributed by atoms with Gasteiger partial charge in [-0.15, -0.1) is 11.6 Å². The van der Waals surface area contributed by atoms with Crippen LogP contribution in [0.4, 0.5) is 0 Å². The summed E-state index contributed by atoms with van der Waals surface area (Å²) in [5.41, 5.74) is 0.368. The SMILES string of the molecule is CC.COC1=[C-]C(C(=O)NC2CCC(=O)NC2=O)=CCC1.[W]. The average Bonchev–Trinajstić information content (AvgIpc) is 2.52. The van der Waals surface area contributed by atoms with E-state index in [4.69, 9.17) is 4.74 Å². The van der Waals surface area contributed by atoms with E-state index in [9.17, 15) is 14.4 Å². The Bertz CT molecular complexity index is 486. The van der Waals surface area contributed by atoms with E-state index in [-0.39, 0.29) is 39.3 Å². The predicted molar refractivity (Wildman–Crippen MR) is 76.7 cm³/mol. The van der Waals surface area contributed by atoms with Crippen molar-refractivity contribution in [3.05, 3.63) is 23.5 Å². The number of ether oxygens (including phenoxy) is 1. The van der Waals surface area contributed by atoms with E-state index in [0.29, 0.717) is 30.6 Å². The second-order valence-electron chi connectivity index (χ2n) is 4.39. The number of nitrogens with one attached hydrogen (secondary N) is 2. The third-order valence-electron chi connectivity index (χ3n) is 3.03. The van der Waals surface area contributed by atoms with Gasteiger partial charge in [0.05, 0.1) is 13.2 Å². The van der Waals surface area contributed by atoms with Crippen LogP contribution in [0.5, 0.6) is 0 Å². The van der Waals surface area contributed by atoms with Gasteiger partial charge in [-0.25, -0.2) is 0 Å². The molecule has 2 N–H and O–H groups in total. The second kappa shape index (κ2) is 10.3. The molecule has 1 aliphatic carbocycles. The minimum absolute atomic E-state index is 0. The molecule has 0 radical (unpaired) electrons. The fraction of sp³-hybridized carbons (Fsp3) is 0.533. The van der Waals surface area contributed by atoms with Crippen LogP contribution in [-0.2, 0) is 40.2 Å². The molecule has 6 nitrogen and oxygen atoms in total. The fourth-order valence-electron chi connectivity index (χ4n) is 1.98. The number of piperidine rings is 1. The first-order chi connectivity index (χ1) is 10.1. The van der Waals surface area contributed by atoms with Crippen LogP contribution in [0, 0.1) is 6.08 Å². The molecule has 1 unspecified atom stereocenters. The molecule has 1 atom stereocenters. The zero-order valence-electron chi connectivity index (χ0n) is 13.0. The summed E-state index contributed by atoms with van der Waals surface area (Å²) in [5, 5.41) is 4.80. The molecule has 0 saturated carbocycles. The van der Waals surface area contributed by atoms with Crippen molar-refractivity contribution in [2.45, 2.75) is 45.6 Å². The van der Waals surface area contributed by atoms with E-state index in [1.54, 1.807) is 6.08 Å². The van der Waals surface area contributed by atoms with Gasteiger partial charge in [0.2, 0.25) is 11.8 Å². The number of hydrogen-bond acceptors (Lipinski definition) is 4. The molecular formula is C15H21N2O4W-. The maximum atomic E-state index is 12.0. The predicted octanol–water partition coefficient (Wildman–Crippen LogP) is 0.985. The van der Waals surface area contributed by atoms with Crippen molar-refractivity contribution in [2.24, 2.45) is 0 Å². The number of carbonyl (C=O) groups is 3. The molecule has 1 fully saturated rings. The molecule has 0 aromatic rings. The van der Waals surface area contributed by atoms with Crippen molar-refractivity contribution >= 4 is 17.7 Å². The number of hydrogen-bond donors (Lipinski definition) is 2. The Kier molecular flexibility index (Phi) is 9.66. The molecule has 0 spiro atoms. The Labute approximate surface area is 145 Å². The van der Waals surface area contributed by atoms with Gasteiger partial charge in [0, 0.05) is 33.2 Å². The minimum Gasteiger partial charge on any atom is -0.514 e. The van der Waals surface area contributed by atoms with Crippen LogP contribution >= 0.6 is 0 Å². The molecule has 0 aromatic carbocycles. The van der Waals surface area contributed by atoms with Crippen LogP contribution in [0.1, 0.15) is 39.5 Å². The third-order valence-corrected chi connectivity index (χ3v) is 3.03. The first kappa shape index (κ1) is 20.6. The quantitative estimate of drug-likeness (QED) is 0.469. The molecule has 0 bridgehead atoms. The number of allylic oxidation sites excluding steroid dienone is 2. The van der Waals surface area contributed by atoms with E-state index in [0.717, 1.165) is 0 Å². The van der Waals surface area contributed by atoms with Crippen LogP contribution in [0.3, 0.4) is 0 Å². The van der Waals surface area contributed by atoms with Gasteiger partial charge >= 0.3 is 0 Å². The summed E-state index contributed by atoms with van der Waals surface area (Å²) in [6, 6.07) is -0.666. The van der Waals surface area contributed by atoms with Gasteiger partial charge < -0.3 is 14.8 Å². The van der Waals surface area contributed by atoms with Crippen LogP contribution < -0.4 is 10.6 Å². The van der Waals surface area contributed by atoms with Crippen LogP contribution in [0.25, 0.3) is 0 Å². The number of carbonyl (C=O) groups excluding carboxylic acids is 3. The Morgan fingerprint density at radius 1 is 1.36 bits per heavy atom. The summed E-state index contributed by atoms with van der Waals surface area (Å²) < 4.78 is 5.06. The molecule has 0 aromatic heterocycles. The van der Waals surface area contributed by atoms with Crippen LogP contribution in [-0.4, -0.2) is 30.9 Å². The molecule has 1 aliphatic heterocycles. The van der Waals surface area contributed by atoms with Gasteiger partial charge in [0.1, 0.15) is 5.91 Å². The standard InChI is InChI=1S/C13H15N2O4.C2H6.W/c1-19-9-4-2-3-8(7-9)12(17)14-10-5-6-11(16)15-13(10)18;1-2;/h3,10H,2,4-6H2,1H3,(H,14,17)(H,15,16,18);1-2H3;/q-1;;. The van der Waals surface area contributed by atoms with Gasteiger partial charge in [0.15, 0.2) is 0 Å². The number of rotatable bonds is 3. The smallest absolute Gasteiger partial charge is 0.248 e. The van der Waals surface area contributed by atoms with Crippen molar-refractivity contribution < 1.29 is 40.2 Å². The van der Waals surface area contributed by atoms with Crippen molar-refractivity contribution in [2.75, 3.05) is 7.11 Å². The van der Waals surface area contributed by atoms with E-state index < -0.39 is 11.9 Å². The third kappa shape index (κ3) is 5.76. The monoisotopic (exact) mass is 477 g/mol. The normalized spacial score (nSPS) is 20.2. The number of imide groups is 1. The van der Waals surface area contributed by atoms with E-state index in [1.807, 2.05) is 13.8 Å². The largest absolute Gasteiger partial charge is 0.514 e. The summed E-state index contributed by atoms with van der Waals surface area (Å²) in [4.78, 5) is 34.5. The second-order valence-corrected chi connectivity index (χ2v) is 4.39. The summed E-state index contributed by atoms with van der Waals surface area (Å²) in [6.07, 6.45) is 6.59. The van der Waals surface area contributed by atoms with Crippen molar-refractivity contribution in [1.82, 2.24) is 10.6 Å². The zero-order valence-corrected chi connectivity index (χ0v) is 16.0. The first-order valence-corrected chi connectivity index (χ1v) is 7.11. The molecule has 1 saturated heterocycles. The molecule has 22 heavy (non-hydrogen) atoms. The maximum absolute atomic E-state index is 12.0. The van der Waals surface area contributed by atoms with Crippen LogP contribution in [0.15, 0.2) is 17.4 Å². The summed E-state index contributed by atoms with van der Waals surface area (Å²) in [5.74, 6) is -0.517. The van der Waals surface area contributed by atoms with E-state index >= 15 is 0 Å². The number of methoxy groups -OCH3 is 1. The Morgan fingerprint density at radius 2 is 2.05 bits per heavy atom. The molecule has 1 heterocycles. The fourth-order valence-corrected chi connectivity index (χ4v) is 1.98. The van der Waals surface area contributed by atoms with Gasteiger partial charge in [-0.2, -0.15) is 6.08 Å².